The maximum atomic E-state index is 15.4. The Balaban J connectivity index is 1.35. The lowest BCUT2D eigenvalue weighted by atomic mass is 9.94. The molecule has 2 aromatic rings. The zero-order valence-corrected chi connectivity index (χ0v) is 25.6. The molecule has 1 aromatic heterocycles. The summed E-state index contributed by atoms with van der Waals surface area (Å²) in [5.74, 6) is 0.282. The van der Waals surface area contributed by atoms with E-state index in [-0.39, 0.29) is 33.2 Å². The van der Waals surface area contributed by atoms with E-state index >= 15 is 4.39 Å². The lowest BCUT2D eigenvalue weighted by molar-refractivity contribution is 0.0524. The summed E-state index contributed by atoms with van der Waals surface area (Å²) < 4.78 is 41.3. The van der Waals surface area contributed by atoms with Crippen LogP contribution in [0.1, 0.15) is 59.3 Å². The third-order valence-electron chi connectivity index (χ3n) is 8.06. The standard InChI is InChI=1S/C28H37BrClF2N5O3/c1-27(2,3)40-26(38)33-9-7-17-6-4-10-36(14-17)24-19-12-20(30)21(29)22(32)23(19)34-25(35-24)39-16-28-8-5-11-37(28)15-18(31)13-28/h12,17-18H,4-11,13-16H2,1-3H3,(H,33,38)/t17?,18-,28+/m1/s1. The molecule has 3 atom stereocenters. The Morgan fingerprint density at radius 3 is 2.85 bits per heavy atom. The largest absolute Gasteiger partial charge is 0.461 e. The van der Waals surface area contributed by atoms with Crippen LogP contribution in [0.4, 0.5) is 19.4 Å². The zero-order valence-electron chi connectivity index (χ0n) is 23.2. The number of amides is 1. The maximum absolute atomic E-state index is 15.4. The van der Waals surface area contributed by atoms with Gasteiger partial charge in [-0.1, -0.05) is 11.6 Å². The number of hydrogen-bond acceptors (Lipinski definition) is 7. The van der Waals surface area contributed by atoms with Gasteiger partial charge in [-0.3, -0.25) is 4.90 Å². The van der Waals surface area contributed by atoms with Crippen LogP contribution in [0, 0.1) is 11.7 Å². The number of alkyl carbamates (subject to hydrolysis) is 1. The maximum Gasteiger partial charge on any atom is 0.407 e. The molecule has 3 aliphatic heterocycles. The van der Waals surface area contributed by atoms with Crippen molar-refractivity contribution >= 4 is 50.3 Å². The summed E-state index contributed by atoms with van der Waals surface area (Å²) in [6.45, 7) is 8.93. The number of halogens is 4. The van der Waals surface area contributed by atoms with Gasteiger partial charge >= 0.3 is 12.1 Å². The highest BCUT2D eigenvalue weighted by Gasteiger charge is 2.49. The third kappa shape index (κ3) is 6.41. The number of alkyl halides is 1. The highest BCUT2D eigenvalue weighted by atomic mass is 79.9. The Hall–Kier alpha value is -1.98. The molecule has 1 amide bonds. The highest BCUT2D eigenvalue weighted by molar-refractivity contribution is 9.10. The van der Waals surface area contributed by atoms with Gasteiger partial charge in [-0.05, 0) is 87.3 Å². The number of nitrogens with one attached hydrogen (secondary N) is 1. The van der Waals surface area contributed by atoms with Crippen molar-refractivity contribution in [3.63, 3.8) is 0 Å². The number of anilines is 1. The molecule has 0 bridgehead atoms. The minimum absolute atomic E-state index is 0.0767. The number of piperidine rings is 1. The molecule has 220 valence electrons. The van der Waals surface area contributed by atoms with Crippen LogP contribution in [0.5, 0.6) is 6.01 Å². The zero-order chi connectivity index (χ0) is 28.7. The van der Waals surface area contributed by atoms with Gasteiger partial charge < -0.3 is 19.7 Å². The Kier molecular flexibility index (Phi) is 8.65. The van der Waals surface area contributed by atoms with E-state index in [9.17, 15) is 9.18 Å². The molecule has 1 N–H and O–H groups in total. The van der Waals surface area contributed by atoms with Gasteiger partial charge in [0.25, 0.3) is 0 Å². The molecule has 0 radical (unpaired) electrons. The molecule has 5 rings (SSSR count). The van der Waals surface area contributed by atoms with Crippen molar-refractivity contribution in [1.82, 2.24) is 20.2 Å². The van der Waals surface area contributed by atoms with E-state index in [0.717, 1.165) is 45.2 Å². The first-order valence-electron chi connectivity index (χ1n) is 14.0. The van der Waals surface area contributed by atoms with E-state index in [1.807, 2.05) is 20.8 Å². The van der Waals surface area contributed by atoms with E-state index in [0.29, 0.717) is 43.2 Å². The van der Waals surface area contributed by atoms with Crippen molar-refractivity contribution in [2.45, 2.75) is 76.6 Å². The van der Waals surface area contributed by atoms with E-state index in [2.05, 4.69) is 36.0 Å². The van der Waals surface area contributed by atoms with Crippen LogP contribution in [0.25, 0.3) is 10.9 Å². The molecule has 4 heterocycles. The van der Waals surface area contributed by atoms with Gasteiger partial charge in [0.2, 0.25) is 0 Å². The second kappa shape index (κ2) is 11.7. The van der Waals surface area contributed by atoms with E-state index in [1.165, 1.54) is 0 Å². The monoisotopic (exact) mass is 643 g/mol. The average Bonchev–Trinajstić information content (AvgIpc) is 3.41. The number of nitrogens with zero attached hydrogens (tertiary/aromatic N) is 4. The molecule has 3 fully saturated rings. The van der Waals surface area contributed by atoms with Crippen LogP contribution in [-0.2, 0) is 4.74 Å². The Morgan fingerprint density at radius 2 is 2.08 bits per heavy atom. The molecule has 8 nitrogen and oxygen atoms in total. The van der Waals surface area contributed by atoms with Crippen LogP contribution < -0.4 is 15.0 Å². The van der Waals surface area contributed by atoms with Crippen molar-refractivity contribution in [3.05, 3.63) is 21.4 Å². The van der Waals surface area contributed by atoms with Crippen molar-refractivity contribution in [1.29, 1.82) is 0 Å². The Morgan fingerprint density at radius 1 is 1.27 bits per heavy atom. The predicted molar refractivity (Wildman–Crippen MR) is 155 cm³/mol. The second-order valence-corrected chi connectivity index (χ2v) is 13.4. The van der Waals surface area contributed by atoms with Gasteiger partial charge in [0.1, 0.15) is 29.7 Å². The van der Waals surface area contributed by atoms with Gasteiger partial charge in [0.05, 0.1) is 15.0 Å². The molecule has 0 saturated carbocycles. The number of fused-ring (bicyclic) bond motifs is 2. The van der Waals surface area contributed by atoms with Gasteiger partial charge in [-0.25, -0.2) is 13.6 Å². The number of hydrogen-bond donors (Lipinski definition) is 1. The van der Waals surface area contributed by atoms with Crippen molar-refractivity contribution in [2.75, 3.05) is 44.2 Å². The fourth-order valence-corrected chi connectivity index (χ4v) is 6.77. The van der Waals surface area contributed by atoms with Crippen LogP contribution in [0.3, 0.4) is 0 Å². The average molecular weight is 645 g/mol. The van der Waals surface area contributed by atoms with Crippen LogP contribution in [0.15, 0.2) is 10.5 Å². The van der Waals surface area contributed by atoms with Gasteiger partial charge in [-0.15, -0.1) is 0 Å². The first-order valence-corrected chi connectivity index (χ1v) is 15.2. The third-order valence-corrected chi connectivity index (χ3v) is 9.36. The number of ether oxygens (including phenoxy) is 2. The number of rotatable bonds is 7. The molecule has 1 unspecified atom stereocenters. The first-order chi connectivity index (χ1) is 18.9. The van der Waals surface area contributed by atoms with Crippen LogP contribution >= 0.6 is 27.5 Å². The number of benzene rings is 1. The molecule has 0 aliphatic carbocycles. The molecule has 1 aromatic carbocycles. The predicted octanol–water partition coefficient (Wildman–Crippen LogP) is 6.27. The van der Waals surface area contributed by atoms with E-state index in [1.54, 1.807) is 6.07 Å². The molecule has 3 aliphatic rings. The normalized spacial score (nSPS) is 25.3. The number of carbonyl (C=O) groups excluding carboxylic acids is 1. The summed E-state index contributed by atoms with van der Waals surface area (Å²) in [5, 5.41) is 3.58. The van der Waals surface area contributed by atoms with Gasteiger partial charge in [-0.2, -0.15) is 9.97 Å². The summed E-state index contributed by atoms with van der Waals surface area (Å²) in [4.78, 5) is 25.5. The van der Waals surface area contributed by atoms with Crippen LogP contribution in [0.2, 0.25) is 5.02 Å². The summed E-state index contributed by atoms with van der Waals surface area (Å²) in [6.07, 6.45) is 3.67. The van der Waals surface area contributed by atoms with Crippen molar-refractivity contribution in [2.24, 2.45) is 5.92 Å². The van der Waals surface area contributed by atoms with E-state index in [4.69, 9.17) is 26.1 Å². The second-order valence-electron chi connectivity index (χ2n) is 12.2. The lowest BCUT2D eigenvalue weighted by Gasteiger charge is -2.34. The summed E-state index contributed by atoms with van der Waals surface area (Å²) in [5.41, 5.74) is -0.791. The summed E-state index contributed by atoms with van der Waals surface area (Å²) in [7, 11) is 0. The molecule has 12 heteroatoms. The SMILES string of the molecule is CC(C)(C)OC(=O)NCCC1CCCN(c2nc(OC[C@@]34CCCN3C[C@H](F)C4)nc3c(F)c(Br)c(Cl)cc23)C1. The van der Waals surface area contributed by atoms with Crippen LogP contribution in [-0.4, -0.2) is 77.6 Å². The number of carbonyl (C=O) groups is 1. The summed E-state index contributed by atoms with van der Waals surface area (Å²) in [6, 6.07) is 1.76. The van der Waals surface area contributed by atoms with Crippen molar-refractivity contribution < 1.29 is 23.0 Å². The lowest BCUT2D eigenvalue weighted by Crippen LogP contribution is -2.43. The summed E-state index contributed by atoms with van der Waals surface area (Å²) >= 11 is 9.59. The van der Waals surface area contributed by atoms with Crippen molar-refractivity contribution in [3.8, 4) is 6.01 Å². The quantitative estimate of drug-likeness (QED) is 0.356. The topological polar surface area (TPSA) is 79.8 Å². The molecular formula is C28H37BrClF2N5O3. The Bertz CT molecular complexity index is 1260. The molecule has 3 saturated heterocycles. The fourth-order valence-electron chi connectivity index (χ4n) is 6.28. The minimum atomic E-state index is -0.873. The first kappa shape index (κ1) is 29.5. The molecular weight excluding hydrogens is 608 g/mol. The molecule has 40 heavy (non-hydrogen) atoms. The number of aromatic nitrogens is 2. The van der Waals surface area contributed by atoms with E-state index < -0.39 is 23.7 Å². The fraction of sp³-hybridized carbons (Fsp3) is 0.679. The highest BCUT2D eigenvalue weighted by Crippen LogP contribution is 2.41. The Labute approximate surface area is 247 Å². The molecule has 0 spiro atoms. The minimum Gasteiger partial charge on any atom is -0.461 e. The van der Waals surface area contributed by atoms with Gasteiger partial charge in [0.15, 0.2) is 5.82 Å². The van der Waals surface area contributed by atoms with Gasteiger partial charge in [0, 0.05) is 38.0 Å². The smallest absolute Gasteiger partial charge is 0.407 e.